The molecule has 2 aromatic rings. The summed E-state index contributed by atoms with van der Waals surface area (Å²) in [5, 5.41) is 13.1. The number of hydrogen-bond acceptors (Lipinski definition) is 3. The van der Waals surface area contributed by atoms with Crippen molar-refractivity contribution in [2.24, 2.45) is 0 Å². The molecule has 1 aromatic carbocycles. The van der Waals surface area contributed by atoms with E-state index in [-0.39, 0.29) is 28.7 Å². The van der Waals surface area contributed by atoms with Crippen molar-refractivity contribution < 1.29 is 23.0 Å². The molecule has 0 atom stereocenters. The van der Waals surface area contributed by atoms with Crippen molar-refractivity contribution in [2.75, 3.05) is 7.11 Å². The quantitative estimate of drug-likeness (QED) is 0.883. The highest BCUT2D eigenvalue weighted by Crippen LogP contribution is 2.26. The van der Waals surface area contributed by atoms with E-state index in [0.29, 0.717) is 12.1 Å². The summed E-state index contributed by atoms with van der Waals surface area (Å²) >= 11 is 5.97. The number of aliphatic hydroxyl groups is 1. The number of benzene rings is 1. The Bertz CT molecular complexity index is 646. The molecule has 1 aromatic heterocycles. The van der Waals surface area contributed by atoms with E-state index >= 15 is 0 Å². The Balaban J connectivity index is 2.61. The minimum Gasteiger partial charge on any atom is -0.391 e. The van der Waals surface area contributed by atoms with Gasteiger partial charge >= 0.3 is 0 Å². The van der Waals surface area contributed by atoms with Crippen molar-refractivity contribution in [3.63, 3.8) is 0 Å². The number of nitrogens with zero attached hydrogens (tertiary/aromatic N) is 2. The average Bonchev–Trinajstić information content (AvgIpc) is 2.71. The standard InChI is InChI=1S/C12H10ClF3N2O2/c1-20-5-10-6(4-19)12(13)18(17-10)11-3-8(15)7(14)2-9(11)16/h2-3,19H,4-5H2,1H3. The number of methoxy groups -OCH3 is 1. The lowest BCUT2D eigenvalue weighted by molar-refractivity contribution is 0.178. The van der Waals surface area contributed by atoms with Crippen molar-refractivity contribution in [1.82, 2.24) is 9.78 Å². The molecular formula is C12H10ClF3N2O2. The second-order valence-corrected chi connectivity index (χ2v) is 4.29. The Kier molecular flexibility index (Phi) is 4.32. The molecule has 0 radical (unpaired) electrons. The van der Waals surface area contributed by atoms with E-state index in [0.717, 1.165) is 4.68 Å². The van der Waals surface area contributed by atoms with Gasteiger partial charge in [0.15, 0.2) is 17.5 Å². The first-order valence-corrected chi connectivity index (χ1v) is 5.88. The van der Waals surface area contributed by atoms with Crippen LogP contribution in [-0.2, 0) is 18.0 Å². The molecular weight excluding hydrogens is 297 g/mol. The highest BCUT2D eigenvalue weighted by molar-refractivity contribution is 6.30. The summed E-state index contributed by atoms with van der Waals surface area (Å²) in [6, 6.07) is 1.04. The van der Waals surface area contributed by atoms with Crippen molar-refractivity contribution in [3.8, 4) is 5.69 Å². The molecule has 1 heterocycles. The van der Waals surface area contributed by atoms with Crippen LogP contribution in [0.3, 0.4) is 0 Å². The highest BCUT2D eigenvalue weighted by Gasteiger charge is 2.20. The number of hydrogen-bond donors (Lipinski definition) is 1. The zero-order valence-corrected chi connectivity index (χ0v) is 11.1. The van der Waals surface area contributed by atoms with Gasteiger partial charge in [-0.1, -0.05) is 11.6 Å². The van der Waals surface area contributed by atoms with Gasteiger partial charge in [-0.15, -0.1) is 0 Å². The Morgan fingerprint density at radius 1 is 1.25 bits per heavy atom. The molecule has 0 fully saturated rings. The first-order valence-electron chi connectivity index (χ1n) is 5.50. The highest BCUT2D eigenvalue weighted by atomic mass is 35.5. The van der Waals surface area contributed by atoms with Crippen molar-refractivity contribution in [3.05, 3.63) is 46.0 Å². The molecule has 0 saturated carbocycles. The van der Waals surface area contributed by atoms with E-state index in [4.69, 9.17) is 16.3 Å². The summed E-state index contributed by atoms with van der Waals surface area (Å²) < 4.78 is 45.6. The number of ether oxygens (including phenoxy) is 1. The SMILES string of the molecule is COCc1nn(-c2cc(F)c(F)cc2F)c(Cl)c1CO. The Morgan fingerprint density at radius 2 is 1.90 bits per heavy atom. The first-order chi connectivity index (χ1) is 9.49. The van der Waals surface area contributed by atoms with Gasteiger partial charge in [-0.05, 0) is 0 Å². The number of halogens is 4. The van der Waals surface area contributed by atoms with Gasteiger partial charge in [0.05, 0.1) is 18.9 Å². The van der Waals surface area contributed by atoms with E-state index < -0.39 is 24.1 Å². The minimum atomic E-state index is -1.31. The molecule has 0 saturated heterocycles. The van der Waals surface area contributed by atoms with Crippen LogP contribution in [0.1, 0.15) is 11.3 Å². The normalized spacial score (nSPS) is 11.1. The molecule has 1 N–H and O–H groups in total. The fourth-order valence-electron chi connectivity index (χ4n) is 1.72. The molecule has 0 unspecified atom stereocenters. The van der Waals surface area contributed by atoms with E-state index in [2.05, 4.69) is 5.10 Å². The van der Waals surface area contributed by atoms with Crippen LogP contribution in [0.25, 0.3) is 5.69 Å². The minimum absolute atomic E-state index is 0.0356. The van der Waals surface area contributed by atoms with E-state index in [1.54, 1.807) is 0 Å². The van der Waals surface area contributed by atoms with Crippen LogP contribution in [-0.4, -0.2) is 22.0 Å². The third-order valence-corrected chi connectivity index (χ3v) is 3.05. The molecule has 0 bridgehead atoms. The predicted octanol–water partition coefficient (Wildman–Crippen LogP) is 2.58. The summed E-state index contributed by atoms with van der Waals surface area (Å²) in [4.78, 5) is 0. The zero-order chi connectivity index (χ0) is 14.9. The van der Waals surface area contributed by atoms with Gasteiger partial charge in [0.25, 0.3) is 0 Å². The summed E-state index contributed by atoms with van der Waals surface area (Å²) in [5.41, 5.74) is 0.160. The fraction of sp³-hybridized carbons (Fsp3) is 0.250. The molecule has 0 aliphatic heterocycles. The van der Waals surface area contributed by atoms with Gasteiger partial charge in [-0.25, -0.2) is 17.9 Å². The van der Waals surface area contributed by atoms with Crippen molar-refractivity contribution in [2.45, 2.75) is 13.2 Å². The lowest BCUT2D eigenvalue weighted by Gasteiger charge is -2.05. The lowest BCUT2D eigenvalue weighted by Crippen LogP contribution is -2.03. The van der Waals surface area contributed by atoms with Gasteiger partial charge in [0.1, 0.15) is 10.8 Å². The van der Waals surface area contributed by atoms with Crippen molar-refractivity contribution >= 4 is 11.6 Å². The Morgan fingerprint density at radius 3 is 2.50 bits per heavy atom. The summed E-state index contributed by atoms with van der Waals surface area (Å²) in [5.74, 6) is -3.57. The largest absolute Gasteiger partial charge is 0.391 e. The molecule has 4 nitrogen and oxygen atoms in total. The van der Waals surface area contributed by atoms with Gasteiger partial charge in [-0.3, -0.25) is 0 Å². The van der Waals surface area contributed by atoms with Gasteiger partial charge in [0, 0.05) is 24.8 Å². The second-order valence-electron chi connectivity index (χ2n) is 3.94. The molecule has 0 amide bonds. The fourth-order valence-corrected chi connectivity index (χ4v) is 2.01. The van der Waals surface area contributed by atoms with E-state index in [1.165, 1.54) is 7.11 Å². The summed E-state index contributed by atoms with van der Waals surface area (Å²) in [7, 11) is 1.41. The van der Waals surface area contributed by atoms with Crippen LogP contribution in [0.15, 0.2) is 12.1 Å². The maximum atomic E-state index is 13.7. The maximum absolute atomic E-state index is 13.7. The van der Waals surface area contributed by atoms with E-state index in [9.17, 15) is 18.3 Å². The molecule has 0 aliphatic carbocycles. The number of rotatable bonds is 4. The Labute approximate surface area is 117 Å². The van der Waals surface area contributed by atoms with Crippen LogP contribution >= 0.6 is 11.6 Å². The monoisotopic (exact) mass is 306 g/mol. The maximum Gasteiger partial charge on any atom is 0.161 e. The van der Waals surface area contributed by atoms with E-state index in [1.807, 2.05) is 0 Å². The topological polar surface area (TPSA) is 47.3 Å². The van der Waals surface area contributed by atoms with Crippen molar-refractivity contribution in [1.29, 1.82) is 0 Å². The lowest BCUT2D eigenvalue weighted by atomic mass is 10.2. The molecule has 0 spiro atoms. The van der Waals surface area contributed by atoms with Gasteiger partial charge in [0.2, 0.25) is 0 Å². The summed E-state index contributed by atoms with van der Waals surface area (Å²) in [6.07, 6.45) is 0. The number of aliphatic hydroxyl groups excluding tert-OH is 1. The van der Waals surface area contributed by atoms with Gasteiger partial charge in [-0.2, -0.15) is 5.10 Å². The molecule has 0 aliphatic rings. The smallest absolute Gasteiger partial charge is 0.161 e. The zero-order valence-electron chi connectivity index (χ0n) is 10.3. The third kappa shape index (κ3) is 2.52. The molecule has 108 valence electrons. The summed E-state index contributed by atoms with van der Waals surface area (Å²) in [6.45, 7) is -0.406. The number of aromatic nitrogens is 2. The second kappa shape index (κ2) is 5.82. The molecule has 20 heavy (non-hydrogen) atoms. The Hall–Kier alpha value is -1.57. The molecule has 2 rings (SSSR count). The van der Waals surface area contributed by atoms with Crippen LogP contribution in [0.4, 0.5) is 13.2 Å². The first kappa shape index (κ1) is 14.8. The average molecular weight is 307 g/mol. The predicted molar refractivity (Wildman–Crippen MR) is 65.1 cm³/mol. The van der Waals surface area contributed by atoms with Crippen LogP contribution in [0.5, 0.6) is 0 Å². The van der Waals surface area contributed by atoms with Crippen LogP contribution in [0, 0.1) is 17.5 Å². The van der Waals surface area contributed by atoms with Crippen LogP contribution in [0.2, 0.25) is 5.15 Å². The van der Waals surface area contributed by atoms with Gasteiger partial charge < -0.3 is 9.84 Å². The van der Waals surface area contributed by atoms with Crippen LogP contribution < -0.4 is 0 Å². The molecule has 8 heteroatoms. The third-order valence-electron chi connectivity index (χ3n) is 2.66.